The summed E-state index contributed by atoms with van der Waals surface area (Å²) in [6.07, 6.45) is 8.79. The summed E-state index contributed by atoms with van der Waals surface area (Å²) in [5.74, 6) is -3.72. The van der Waals surface area contributed by atoms with E-state index in [1.54, 1.807) is 0 Å². The van der Waals surface area contributed by atoms with Crippen molar-refractivity contribution in [2.24, 2.45) is 11.8 Å². The summed E-state index contributed by atoms with van der Waals surface area (Å²) in [5.41, 5.74) is 0. The van der Waals surface area contributed by atoms with Gasteiger partial charge in [0.1, 0.15) is 0 Å². The second-order valence-electron chi connectivity index (χ2n) is 17.1. The maximum absolute atomic E-state index is 13.1. The van der Waals surface area contributed by atoms with E-state index in [2.05, 4.69) is 34.6 Å². The van der Waals surface area contributed by atoms with Crippen LogP contribution in [0.3, 0.4) is 0 Å². The Morgan fingerprint density at radius 3 is 0.881 bits per heavy atom. The van der Waals surface area contributed by atoms with Crippen LogP contribution in [0.2, 0.25) is 0 Å². The van der Waals surface area contributed by atoms with Crippen LogP contribution in [-0.4, -0.2) is 62.4 Å². The average Bonchev–Trinajstić information content (AvgIpc) is 3.12. The third-order valence-corrected chi connectivity index (χ3v) is 9.97. The lowest BCUT2D eigenvalue weighted by molar-refractivity contribution is -0.434. The quantitative estimate of drug-likeness (QED) is 0.0350. The first-order chi connectivity index (χ1) is 27.8. The molecule has 0 saturated heterocycles. The van der Waals surface area contributed by atoms with E-state index in [1.165, 1.54) is 38.5 Å². The Balaban J connectivity index is 0. The van der Waals surface area contributed by atoms with E-state index in [0.29, 0.717) is 32.7 Å². The number of alkyl halides is 6. The monoisotopic (exact) mass is 867 g/mol. The van der Waals surface area contributed by atoms with Gasteiger partial charge in [0.05, 0.1) is 38.1 Å². The van der Waals surface area contributed by atoms with Gasteiger partial charge in [0.2, 0.25) is 0 Å². The molecule has 0 aliphatic carbocycles. The van der Waals surface area contributed by atoms with Gasteiger partial charge < -0.3 is 28.4 Å². The first-order valence-corrected chi connectivity index (χ1v) is 23.8. The Hall–Kier alpha value is -0.660. The van der Waals surface area contributed by atoms with E-state index in [9.17, 15) is 26.3 Å². The summed E-state index contributed by atoms with van der Waals surface area (Å²) in [4.78, 5) is 0. The SMILES string of the molecule is CCCCCCCCC(CCC(F)(F)F)C(OC(C)C)(OC(C)C)OC(C)C.CCCCCCCCC(CCC(F)(F)F)C(OCCCC)(OCCCC)OCCCC. The second-order valence-corrected chi connectivity index (χ2v) is 17.1. The van der Waals surface area contributed by atoms with Crippen molar-refractivity contribution < 1.29 is 54.8 Å². The van der Waals surface area contributed by atoms with Crippen LogP contribution >= 0.6 is 0 Å². The molecule has 2 unspecified atom stereocenters. The molecule has 0 aromatic carbocycles. The smallest absolute Gasteiger partial charge is 0.327 e. The predicted molar refractivity (Wildman–Crippen MR) is 230 cm³/mol. The molecular formula is C47H92F6O6. The van der Waals surface area contributed by atoms with Crippen molar-refractivity contribution in [2.75, 3.05) is 19.8 Å². The molecule has 0 amide bonds. The zero-order valence-corrected chi connectivity index (χ0v) is 39.7. The van der Waals surface area contributed by atoms with Crippen LogP contribution in [0.4, 0.5) is 26.3 Å². The molecule has 59 heavy (non-hydrogen) atoms. The van der Waals surface area contributed by atoms with Gasteiger partial charge in [0, 0.05) is 24.7 Å². The highest BCUT2D eigenvalue weighted by Gasteiger charge is 2.47. The molecule has 6 nitrogen and oxygen atoms in total. The van der Waals surface area contributed by atoms with Crippen LogP contribution in [0.5, 0.6) is 0 Å². The van der Waals surface area contributed by atoms with Gasteiger partial charge in [-0.25, -0.2) is 0 Å². The Morgan fingerprint density at radius 2 is 0.610 bits per heavy atom. The van der Waals surface area contributed by atoms with Crippen LogP contribution < -0.4 is 0 Å². The largest absolute Gasteiger partial charge is 0.389 e. The van der Waals surface area contributed by atoms with E-state index in [1.807, 2.05) is 41.5 Å². The number of halogens is 6. The third-order valence-electron chi connectivity index (χ3n) is 9.97. The topological polar surface area (TPSA) is 55.4 Å². The van der Waals surface area contributed by atoms with Gasteiger partial charge in [0.25, 0.3) is 11.9 Å². The van der Waals surface area contributed by atoms with Crippen LogP contribution in [0.15, 0.2) is 0 Å². The normalized spacial score (nSPS) is 14.0. The highest BCUT2D eigenvalue weighted by molar-refractivity contribution is 4.78. The first-order valence-electron chi connectivity index (χ1n) is 23.8. The fraction of sp³-hybridized carbons (Fsp3) is 1.00. The molecule has 0 aromatic rings. The molecule has 12 heteroatoms. The van der Waals surface area contributed by atoms with Crippen molar-refractivity contribution in [2.45, 2.75) is 273 Å². The van der Waals surface area contributed by atoms with Gasteiger partial charge in [-0.1, -0.05) is 131 Å². The molecule has 0 N–H and O–H groups in total. The van der Waals surface area contributed by atoms with E-state index in [4.69, 9.17) is 28.4 Å². The molecular weight excluding hydrogens is 774 g/mol. The molecule has 0 spiro atoms. The minimum absolute atomic E-state index is 0.0250. The van der Waals surface area contributed by atoms with Gasteiger partial charge in [-0.15, -0.1) is 0 Å². The van der Waals surface area contributed by atoms with Crippen molar-refractivity contribution in [1.82, 2.24) is 0 Å². The van der Waals surface area contributed by atoms with Gasteiger partial charge >= 0.3 is 12.4 Å². The number of hydrogen-bond donors (Lipinski definition) is 0. The highest BCUT2D eigenvalue weighted by atomic mass is 19.4. The molecule has 0 aliphatic rings. The molecule has 0 saturated carbocycles. The standard InChI is InChI=1S/C25H49F3O3.C22H43F3O3/c1-5-9-13-14-15-16-17-23(18-19-24(26,27)28)25(29-20-10-6-2,30-21-11-7-3)31-22-12-8-4;1-8-9-10-11-12-13-14-20(15-16-21(23,24)25)22(26-17(2)3,27-18(4)5)28-19(6)7/h23H,5-22H2,1-4H3;17-20H,8-16H2,1-7H3. The summed E-state index contributed by atoms with van der Waals surface area (Å²) in [6.45, 7) is 23.0. The van der Waals surface area contributed by atoms with E-state index >= 15 is 0 Å². The molecule has 0 aromatic heterocycles. The lowest BCUT2D eigenvalue weighted by Gasteiger charge is -2.43. The predicted octanol–water partition coefficient (Wildman–Crippen LogP) is 16.4. The summed E-state index contributed by atoms with van der Waals surface area (Å²) >= 11 is 0. The van der Waals surface area contributed by atoms with Crippen LogP contribution in [0.1, 0.15) is 230 Å². The number of hydrogen-bond acceptors (Lipinski definition) is 6. The van der Waals surface area contributed by atoms with Gasteiger partial charge in [-0.3, -0.25) is 0 Å². The molecule has 0 fully saturated rings. The number of ether oxygens (including phenoxy) is 6. The van der Waals surface area contributed by atoms with E-state index in [-0.39, 0.29) is 31.2 Å². The number of rotatable bonds is 38. The Labute approximate surface area is 358 Å². The average molecular weight is 867 g/mol. The number of unbranched alkanes of at least 4 members (excludes halogenated alkanes) is 13. The van der Waals surface area contributed by atoms with Gasteiger partial charge in [0.15, 0.2) is 0 Å². The van der Waals surface area contributed by atoms with Crippen molar-refractivity contribution in [3.05, 3.63) is 0 Å². The second kappa shape index (κ2) is 35.8. The third kappa shape index (κ3) is 33.6. The van der Waals surface area contributed by atoms with E-state index in [0.717, 1.165) is 77.0 Å². The summed E-state index contributed by atoms with van der Waals surface area (Å²) < 4.78 is 115. The minimum Gasteiger partial charge on any atom is -0.327 e. The molecule has 0 rings (SSSR count). The van der Waals surface area contributed by atoms with Gasteiger partial charge in [-0.2, -0.15) is 26.3 Å². The fourth-order valence-electron chi connectivity index (χ4n) is 6.93. The van der Waals surface area contributed by atoms with Crippen molar-refractivity contribution in [3.8, 4) is 0 Å². The molecule has 358 valence electrons. The molecule has 2 atom stereocenters. The summed E-state index contributed by atoms with van der Waals surface area (Å²) in [5, 5.41) is 0. The zero-order chi connectivity index (χ0) is 45.2. The van der Waals surface area contributed by atoms with Crippen LogP contribution in [0.25, 0.3) is 0 Å². The molecule has 0 bridgehead atoms. The highest BCUT2D eigenvalue weighted by Crippen LogP contribution is 2.40. The van der Waals surface area contributed by atoms with Crippen molar-refractivity contribution >= 4 is 0 Å². The van der Waals surface area contributed by atoms with Crippen LogP contribution in [0, 0.1) is 11.8 Å². The van der Waals surface area contributed by atoms with Crippen molar-refractivity contribution in [1.29, 1.82) is 0 Å². The summed E-state index contributed by atoms with van der Waals surface area (Å²) in [6, 6.07) is 0. The maximum atomic E-state index is 13.1. The van der Waals surface area contributed by atoms with Crippen LogP contribution in [-0.2, 0) is 28.4 Å². The zero-order valence-electron chi connectivity index (χ0n) is 39.7. The fourth-order valence-corrected chi connectivity index (χ4v) is 6.93. The lowest BCUT2D eigenvalue weighted by Crippen LogP contribution is -2.51. The lowest BCUT2D eigenvalue weighted by atomic mass is 9.92. The first kappa shape index (κ1) is 60.4. The molecule has 0 aliphatic heterocycles. The van der Waals surface area contributed by atoms with Crippen molar-refractivity contribution in [3.63, 3.8) is 0 Å². The Kier molecular flexibility index (Phi) is 36.6. The van der Waals surface area contributed by atoms with Gasteiger partial charge in [-0.05, 0) is 86.5 Å². The molecule has 0 radical (unpaired) electrons. The maximum Gasteiger partial charge on any atom is 0.389 e. The van der Waals surface area contributed by atoms with E-state index < -0.39 is 49.0 Å². The Bertz CT molecular complexity index is 861. The Morgan fingerprint density at radius 1 is 0.339 bits per heavy atom. The minimum atomic E-state index is -4.21. The summed E-state index contributed by atoms with van der Waals surface area (Å²) in [7, 11) is 0. The molecule has 0 heterocycles.